The molecule has 0 aliphatic heterocycles. The zero-order chi connectivity index (χ0) is 28.8. The van der Waals surface area contributed by atoms with Gasteiger partial charge in [-0.1, -0.05) is 31.2 Å². The maximum atomic E-state index is 13.2. The van der Waals surface area contributed by atoms with Gasteiger partial charge < -0.3 is 19.9 Å². The second-order valence-electron chi connectivity index (χ2n) is 9.92. The maximum Gasteiger partial charge on any atom is 0.341 e. The van der Waals surface area contributed by atoms with E-state index in [1.165, 1.54) is 23.1 Å². The second kappa shape index (κ2) is 13.5. The molecule has 1 unspecified atom stereocenters. The number of amides is 2. The Hall–Kier alpha value is -3.18. The first kappa shape index (κ1) is 29.8. The number of benzene rings is 1. The average molecular weight is 584 g/mol. The minimum Gasteiger partial charge on any atom is -0.462 e. The number of rotatable bonds is 12. The molecule has 1 aromatic carbocycles. The summed E-state index contributed by atoms with van der Waals surface area (Å²) < 4.78 is 7.26. The highest BCUT2D eigenvalue weighted by molar-refractivity contribution is 8.00. The van der Waals surface area contributed by atoms with Crippen LogP contribution in [-0.4, -0.2) is 44.4 Å². The number of aromatic nitrogens is 3. The number of anilines is 1. The Morgan fingerprint density at radius 2 is 1.95 bits per heavy atom. The summed E-state index contributed by atoms with van der Waals surface area (Å²) in [5.74, 6) is -0.134. The van der Waals surface area contributed by atoms with Crippen LogP contribution < -0.4 is 10.6 Å². The van der Waals surface area contributed by atoms with Crippen LogP contribution >= 0.6 is 23.1 Å². The number of unbranched alkanes of at least 4 members (excludes halogenated alkanes) is 1. The quantitative estimate of drug-likeness (QED) is 0.215. The molecule has 1 atom stereocenters. The highest BCUT2D eigenvalue weighted by atomic mass is 32.2. The standard InChI is InChI=1S/C29H37N5O4S2/c1-6-8-14-34-23(16-30-26(36)20-13-12-17(3)18(4)15-20)32-33-29(34)39-19(5)25(35)31-27-24(28(37)38-7-2)21-10-9-11-22(21)40-27/h12-13,15,19H,6-11,14,16H2,1-5H3,(H,30,36)(H,31,35). The molecule has 0 fully saturated rings. The van der Waals surface area contributed by atoms with E-state index in [0.717, 1.165) is 53.7 Å². The molecule has 9 nitrogen and oxygen atoms in total. The summed E-state index contributed by atoms with van der Waals surface area (Å²) in [5.41, 5.74) is 4.30. The lowest BCUT2D eigenvalue weighted by molar-refractivity contribution is -0.115. The van der Waals surface area contributed by atoms with E-state index in [4.69, 9.17) is 4.74 Å². The van der Waals surface area contributed by atoms with Crippen LogP contribution in [0.15, 0.2) is 23.4 Å². The van der Waals surface area contributed by atoms with E-state index in [0.29, 0.717) is 33.7 Å². The van der Waals surface area contributed by atoms with E-state index in [2.05, 4.69) is 27.8 Å². The Morgan fingerprint density at radius 3 is 2.67 bits per heavy atom. The number of hydrogen-bond donors (Lipinski definition) is 2. The molecule has 0 saturated heterocycles. The molecular formula is C29H37N5O4S2. The number of carbonyl (C=O) groups excluding carboxylic acids is 3. The van der Waals surface area contributed by atoms with Gasteiger partial charge in [0.25, 0.3) is 5.91 Å². The van der Waals surface area contributed by atoms with Gasteiger partial charge in [-0.15, -0.1) is 21.5 Å². The monoisotopic (exact) mass is 583 g/mol. The summed E-state index contributed by atoms with van der Waals surface area (Å²) in [6.07, 6.45) is 4.63. The van der Waals surface area contributed by atoms with Crippen LogP contribution in [0.25, 0.3) is 0 Å². The fraction of sp³-hybridized carbons (Fsp3) is 0.483. The zero-order valence-electron chi connectivity index (χ0n) is 23.8. The summed E-state index contributed by atoms with van der Waals surface area (Å²) in [5, 5.41) is 15.3. The lowest BCUT2D eigenvalue weighted by Crippen LogP contribution is -2.25. The smallest absolute Gasteiger partial charge is 0.341 e. The number of carbonyl (C=O) groups is 3. The van der Waals surface area contributed by atoms with Crippen molar-refractivity contribution in [2.75, 3.05) is 11.9 Å². The zero-order valence-corrected chi connectivity index (χ0v) is 25.4. The number of nitrogens with one attached hydrogen (secondary N) is 2. The number of esters is 1. The van der Waals surface area contributed by atoms with E-state index in [-0.39, 0.29) is 30.9 Å². The Labute approximate surface area is 243 Å². The number of aryl methyl sites for hydroxylation is 3. The fourth-order valence-corrected chi connectivity index (χ4v) is 6.73. The molecule has 1 aliphatic rings. The molecule has 2 aromatic heterocycles. The second-order valence-corrected chi connectivity index (χ2v) is 12.3. The third-order valence-electron chi connectivity index (χ3n) is 6.99. The third kappa shape index (κ3) is 6.75. The van der Waals surface area contributed by atoms with Crippen LogP contribution in [0.1, 0.15) is 88.1 Å². The molecule has 214 valence electrons. The molecule has 0 radical (unpaired) electrons. The SMILES string of the molecule is CCCCn1c(CNC(=O)c2ccc(C)c(C)c2)nnc1SC(C)C(=O)Nc1sc2c(c1C(=O)OCC)CCC2. The molecular weight excluding hydrogens is 546 g/mol. The summed E-state index contributed by atoms with van der Waals surface area (Å²) in [6.45, 7) is 10.9. The van der Waals surface area contributed by atoms with Gasteiger partial charge >= 0.3 is 5.97 Å². The first-order valence-electron chi connectivity index (χ1n) is 13.8. The van der Waals surface area contributed by atoms with Gasteiger partial charge in [0.15, 0.2) is 11.0 Å². The molecule has 11 heteroatoms. The predicted molar refractivity (Wildman–Crippen MR) is 158 cm³/mol. The van der Waals surface area contributed by atoms with Crippen LogP contribution in [0.4, 0.5) is 5.00 Å². The summed E-state index contributed by atoms with van der Waals surface area (Å²) in [7, 11) is 0. The molecule has 1 aliphatic carbocycles. The number of nitrogens with zero attached hydrogens (tertiary/aromatic N) is 3. The highest BCUT2D eigenvalue weighted by Gasteiger charge is 2.29. The molecule has 2 N–H and O–H groups in total. The molecule has 0 saturated carbocycles. The van der Waals surface area contributed by atoms with Gasteiger partial charge in [0.05, 0.1) is 24.0 Å². The Morgan fingerprint density at radius 1 is 1.15 bits per heavy atom. The van der Waals surface area contributed by atoms with Crippen LogP contribution in [0.3, 0.4) is 0 Å². The summed E-state index contributed by atoms with van der Waals surface area (Å²) in [4.78, 5) is 39.8. The van der Waals surface area contributed by atoms with Crippen molar-refractivity contribution in [1.29, 1.82) is 0 Å². The molecule has 2 heterocycles. The summed E-state index contributed by atoms with van der Waals surface area (Å²) >= 11 is 2.78. The largest absolute Gasteiger partial charge is 0.462 e. The van der Waals surface area contributed by atoms with Crippen LogP contribution in [0.5, 0.6) is 0 Å². The van der Waals surface area contributed by atoms with Crippen molar-refractivity contribution in [2.24, 2.45) is 0 Å². The number of hydrogen-bond acceptors (Lipinski definition) is 8. The van der Waals surface area contributed by atoms with Crippen molar-refractivity contribution < 1.29 is 19.1 Å². The van der Waals surface area contributed by atoms with E-state index in [1.807, 2.05) is 43.5 Å². The van der Waals surface area contributed by atoms with Crippen molar-refractivity contribution in [3.63, 3.8) is 0 Å². The lowest BCUT2D eigenvalue weighted by atomic mass is 10.1. The highest BCUT2D eigenvalue weighted by Crippen LogP contribution is 2.40. The molecule has 0 spiro atoms. The first-order valence-corrected chi connectivity index (χ1v) is 15.5. The molecule has 0 bridgehead atoms. The maximum absolute atomic E-state index is 13.2. The Kier molecular flexibility index (Phi) is 10.0. The van der Waals surface area contributed by atoms with Crippen LogP contribution in [-0.2, 0) is 35.5 Å². The first-order chi connectivity index (χ1) is 19.2. The summed E-state index contributed by atoms with van der Waals surface area (Å²) in [6, 6.07) is 5.63. The van der Waals surface area contributed by atoms with E-state index in [1.54, 1.807) is 6.92 Å². The van der Waals surface area contributed by atoms with Gasteiger partial charge in [0.1, 0.15) is 5.00 Å². The van der Waals surface area contributed by atoms with Gasteiger partial charge in [0, 0.05) is 17.0 Å². The van der Waals surface area contributed by atoms with Gasteiger partial charge in [-0.05, 0) is 82.2 Å². The number of thiophene rings is 1. The van der Waals surface area contributed by atoms with Crippen molar-refractivity contribution in [3.05, 3.63) is 56.7 Å². The van der Waals surface area contributed by atoms with E-state index in [9.17, 15) is 14.4 Å². The molecule has 4 rings (SSSR count). The molecule has 2 amide bonds. The number of thioether (sulfide) groups is 1. The molecule has 3 aromatic rings. The Balaban J connectivity index is 1.45. The lowest BCUT2D eigenvalue weighted by Gasteiger charge is -2.14. The van der Waals surface area contributed by atoms with Crippen molar-refractivity contribution in [3.8, 4) is 0 Å². The third-order valence-corrected chi connectivity index (χ3v) is 9.28. The normalized spacial score (nSPS) is 13.1. The Bertz CT molecular complexity index is 1400. The predicted octanol–water partition coefficient (Wildman–Crippen LogP) is 5.47. The van der Waals surface area contributed by atoms with Gasteiger partial charge in [-0.25, -0.2) is 4.79 Å². The average Bonchev–Trinajstić information content (AvgIpc) is 3.62. The minimum atomic E-state index is -0.491. The van der Waals surface area contributed by atoms with Gasteiger partial charge in [-0.3, -0.25) is 9.59 Å². The van der Waals surface area contributed by atoms with Gasteiger partial charge in [0.2, 0.25) is 5.91 Å². The van der Waals surface area contributed by atoms with Crippen LogP contribution in [0.2, 0.25) is 0 Å². The van der Waals surface area contributed by atoms with E-state index < -0.39 is 5.25 Å². The minimum absolute atomic E-state index is 0.171. The van der Waals surface area contributed by atoms with Crippen LogP contribution in [0, 0.1) is 13.8 Å². The van der Waals surface area contributed by atoms with Crippen molar-refractivity contribution >= 4 is 45.9 Å². The van der Waals surface area contributed by atoms with Crippen molar-refractivity contribution in [1.82, 2.24) is 20.1 Å². The number of ether oxygens (including phenoxy) is 1. The topological polar surface area (TPSA) is 115 Å². The number of fused-ring (bicyclic) bond motifs is 1. The molecule has 40 heavy (non-hydrogen) atoms. The van der Waals surface area contributed by atoms with Gasteiger partial charge in [-0.2, -0.15) is 0 Å². The van der Waals surface area contributed by atoms with Crippen molar-refractivity contribution in [2.45, 2.75) is 90.2 Å². The fourth-order valence-electron chi connectivity index (χ4n) is 4.56. The van der Waals surface area contributed by atoms with E-state index >= 15 is 0 Å².